The van der Waals surface area contributed by atoms with Crippen molar-refractivity contribution in [2.75, 3.05) is 13.1 Å². The Labute approximate surface area is 95.8 Å². The maximum atomic E-state index is 14.2. The minimum atomic E-state index is -1.03. The molecule has 1 unspecified atom stereocenters. The molecule has 1 saturated heterocycles. The number of alkyl halides is 1. The molecule has 14 heavy (non-hydrogen) atoms. The Morgan fingerprint density at radius 1 is 1.64 bits per heavy atom. The van der Waals surface area contributed by atoms with E-state index < -0.39 is 5.67 Å². The van der Waals surface area contributed by atoms with E-state index in [9.17, 15) is 4.39 Å². The van der Waals surface area contributed by atoms with Gasteiger partial charge in [-0.25, -0.2) is 4.39 Å². The Balaban J connectivity index is 2.01. The quantitative estimate of drug-likeness (QED) is 0.876. The van der Waals surface area contributed by atoms with E-state index in [1.54, 1.807) is 11.3 Å². The minimum Gasteiger partial charge on any atom is -0.314 e. The van der Waals surface area contributed by atoms with Crippen LogP contribution < -0.4 is 5.32 Å². The molecule has 0 radical (unpaired) electrons. The second kappa shape index (κ2) is 4.29. The lowest BCUT2D eigenvalue weighted by atomic mass is 9.92. The zero-order chi connectivity index (χ0) is 10.0. The first kappa shape index (κ1) is 10.6. The molecule has 1 N–H and O–H groups in total. The summed E-state index contributed by atoms with van der Waals surface area (Å²) >= 11 is 5.01. The normalized spacial score (nSPS) is 27.9. The monoisotopic (exact) mass is 277 g/mol. The summed E-state index contributed by atoms with van der Waals surface area (Å²) < 4.78 is 15.3. The van der Waals surface area contributed by atoms with Crippen LogP contribution >= 0.6 is 27.3 Å². The Kier molecular flexibility index (Phi) is 3.24. The van der Waals surface area contributed by atoms with Crippen molar-refractivity contribution in [3.05, 3.63) is 20.8 Å². The Morgan fingerprint density at radius 2 is 2.50 bits per heavy atom. The second-order valence-electron chi connectivity index (χ2n) is 3.84. The van der Waals surface area contributed by atoms with Crippen LogP contribution in [0.15, 0.2) is 15.9 Å². The molecule has 2 heterocycles. The van der Waals surface area contributed by atoms with E-state index in [0.717, 1.165) is 22.3 Å². The smallest absolute Gasteiger partial charge is 0.128 e. The number of piperidine rings is 1. The lowest BCUT2D eigenvalue weighted by Crippen LogP contribution is -2.43. The fourth-order valence-corrected chi connectivity index (χ4v) is 3.42. The van der Waals surface area contributed by atoms with Crippen molar-refractivity contribution in [1.82, 2.24) is 5.32 Å². The molecule has 0 aliphatic carbocycles. The number of hydrogen-bond donors (Lipinski definition) is 1. The maximum Gasteiger partial charge on any atom is 0.128 e. The molecule has 4 heteroatoms. The van der Waals surface area contributed by atoms with Gasteiger partial charge in [-0.2, -0.15) is 0 Å². The number of nitrogens with one attached hydrogen (secondary N) is 1. The maximum absolute atomic E-state index is 14.2. The molecule has 1 aliphatic rings. The van der Waals surface area contributed by atoms with Crippen LogP contribution in [0.2, 0.25) is 0 Å². The van der Waals surface area contributed by atoms with E-state index in [2.05, 4.69) is 21.2 Å². The molecule has 1 atom stereocenters. The van der Waals surface area contributed by atoms with Gasteiger partial charge >= 0.3 is 0 Å². The highest BCUT2D eigenvalue weighted by atomic mass is 79.9. The Bertz CT molecular complexity index is 307. The van der Waals surface area contributed by atoms with Gasteiger partial charge in [-0.1, -0.05) is 0 Å². The third kappa shape index (κ3) is 2.55. The highest BCUT2D eigenvalue weighted by molar-refractivity contribution is 9.10. The molecule has 0 aromatic carbocycles. The summed E-state index contributed by atoms with van der Waals surface area (Å²) in [5, 5.41) is 5.13. The molecule has 1 aliphatic heterocycles. The summed E-state index contributed by atoms with van der Waals surface area (Å²) in [6.07, 6.45) is 2.19. The van der Waals surface area contributed by atoms with E-state index in [-0.39, 0.29) is 0 Å². The second-order valence-corrected chi connectivity index (χ2v) is 5.75. The van der Waals surface area contributed by atoms with Crippen molar-refractivity contribution in [3.8, 4) is 0 Å². The van der Waals surface area contributed by atoms with Crippen LogP contribution in [-0.4, -0.2) is 18.8 Å². The molecule has 1 aromatic rings. The van der Waals surface area contributed by atoms with Crippen LogP contribution in [0.25, 0.3) is 0 Å². The highest BCUT2D eigenvalue weighted by Gasteiger charge is 2.32. The van der Waals surface area contributed by atoms with Gasteiger partial charge in [0.1, 0.15) is 5.67 Å². The number of halogens is 2. The third-order valence-corrected chi connectivity index (χ3v) is 4.23. The van der Waals surface area contributed by atoms with E-state index in [1.807, 2.05) is 11.4 Å². The lowest BCUT2D eigenvalue weighted by molar-refractivity contribution is 0.123. The molecule has 0 bridgehead atoms. The van der Waals surface area contributed by atoms with Gasteiger partial charge in [0, 0.05) is 27.7 Å². The van der Waals surface area contributed by atoms with Gasteiger partial charge in [-0.05, 0) is 41.4 Å². The number of thiophene rings is 1. The van der Waals surface area contributed by atoms with Crippen LogP contribution in [0.5, 0.6) is 0 Å². The van der Waals surface area contributed by atoms with E-state index in [1.165, 1.54) is 0 Å². The molecule has 1 aromatic heterocycles. The molecule has 1 fully saturated rings. The first-order valence-corrected chi connectivity index (χ1v) is 6.48. The summed E-state index contributed by atoms with van der Waals surface area (Å²) in [5.74, 6) is 0. The Hall–Kier alpha value is 0.0700. The van der Waals surface area contributed by atoms with Crippen molar-refractivity contribution in [1.29, 1.82) is 0 Å². The fourth-order valence-electron chi connectivity index (χ4n) is 1.84. The fraction of sp³-hybridized carbons (Fsp3) is 0.600. The average molecular weight is 278 g/mol. The summed E-state index contributed by atoms with van der Waals surface area (Å²) in [7, 11) is 0. The number of rotatable bonds is 2. The van der Waals surface area contributed by atoms with Crippen molar-refractivity contribution < 1.29 is 4.39 Å². The first-order valence-electron chi connectivity index (χ1n) is 4.81. The van der Waals surface area contributed by atoms with Crippen LogP contribution in [0, 0.1) is 0 Å². The largest absolute Gasteiger partial charge is 0.314 e. The molecule has 78 valence electrons. The van der Waals surface area contributed by atoms with E-state index >= 15 is 0 Å². The SMILES string of the molecule is FC1(Cc2cc(Br)cs2)CCCNC1. The van der Waals surface area contributed by atoms with Crippen molar-refractivity contribution in [2.24, 2.45) is 0 Å². The van der Waals surface area contributed by atoms with Gasteiger partial charge in [-0.15, -0.1) is 11.3 Å². The van der Waals surface area contributed by atoms with Crippen molar-refractivity contribution in [2.45, 2.75) is 24.9 Å². The predicted molar refractivity (Wildman–Crippen MR) is 61.7 cm³/mol. The van der Waals surface area contributed by atoms with Crippen LogP contribution in [-0.2, 0) is 6.42 Å². The standard InChI is InChI=1S/C10H13BrFNS/c11-8-4-9(14-6-8)5-10(12)2-1-3-13-7-10/h4,6,13H,1-3,5,7H2. The van der Waals surface area contributed by atoms with Crippen LogP contribution in [0.4, 0.5) is 4.39 Å². The topological polar surface area (TPSA) is 12.0 Å². The van der Waals surface area contributed by atoms with E-state index in [4.69, 9.17) is 0 Å². The molecule has 0 amide bonds. The third-order valence-electron chi connectivity index (χ3n) is 2.53. The molecule has 1 nitrogen and oxygen atoms in total. The summed E-state index contributed by atoms with van der Waals surface area (Å²) in [5.41, 5.74) is -1.03. The van der Waals surface area contributed by atoms with Gasteiger partial charge in [0.15, 0.2) is 0 Å². The predicted octanol–water partition coefficient (Wildman–Crippen LogP) is 3.14. The molecule has 2 rings (SSSR count). The van der Waals surface area contributed by atoms with Gasteiger partial charge in [0.25, 0.3) is 0 Å². The van der Waals surface area contributed by atoms with Crippen LogP contribution in [0.1, 0.15) is 17.7 Å². The summed E-state index contributed by atoms with van der Waals surface area (Å²) in [4.78, 5) is 1.13. The molecule has 0 spiro atoms. The summed E-state index contributed by atoms with van der Waals surface area (Å²) in [6, 6.07) is 2.01. The van der Waals surface area contributed by atoms with Crippen LogP contribution in [0.3, 0.4) is 0 Å². The zero-order valence-corrected chi connectivity index (χ0v) is 10.3. The Morgan fingerprint density at radius 3 is 3.07 bits per heavy atom. The zero-order valence-electron chi connectivity index (χ0n) is 7.85. The van der Waals surface area contributed by atoms with Gasteiger partial charge in [-0.3, -0.25) is 0 Å². The van der Waals surface area contributed by atoms with Crippen molar-refractivity contribution >= 4 is 27.3 Å². The van der Waals surface area contributed by atoms with Gasteiger partial charge in [0.05, 0.1) is 0 Å². The van der Waals surface area contributed by atoms with Crippen molar-refractivity contribution in [3.63, 3.8) is 0 Å². The number of hydrogen-bond acceptors (Lipinski definition) is 2. The molecular weight excluding hydrogens is 265 g/mol. The van der Waals surface area contributed by atoms with E-state index in [0.29, 0.717) is 19.4 Å². The highest BCUT2D eigenvalue weighted by Crippen LogP contribution is 2.29. The first-order chi connectivity index (χ1) is 6.68. The average Bonchev–Trinajstić information content (AvgIpc) is 2.51. The lowest BCUT2D eigenvalue weighted by Gasteiger charge is -2.29. The molecule has 0 saturated carbocycles. The van der Waals surface area contributed by atoms with Gasteiger partial charge < -0.3 is 5.32 Å². The molecular formula is C10H13BrFNS. The summed E-state index contributed by atoms with van der Waals surface area (Å²) in [6.45, 7) is 1.46. The minimum absolute atomic E-state index is 0.502. The van der Waals surface area contributed by atoms with Gasteiger partial charge in [0.2, 0.25) is 0 Å².